The van der Waals surface area contributed by atoms with E-state index in [-0.39, 0.29) is 24.2 Å². The summed E-state index contributed by atoms with van der Waals surface area (Å²) in [4.78, 5) is 23.4. The fraction of sp³-hybridized carbons (Fsp3) is 0.333. The van der Waals surface area contributed by atoms with Crippen LogP contribution >= 0.6 is 0 Å². The highest BCUT2D eigenvalue weighted by Gasteiger charge is 2.26. The van der Waals surface area contributed by atoms with Gasteiger partial charge in [0.25, 0.3) is 5.91 Å². The van der Waals surface area contributed by atoms with E-state index >= 15 is 0 Å². The summed E-state index contributed by atoms with van der Waals surface area (Å²) in [5, 5.41) is 4.19. The monoisotopic (exact) mass is 395 g/mol. The summed E-state index contributed by atoms with van der Waals surface area (Å²) in [5.41, 5.74) is 1.82. The molecule has 8 heteroatoms. The van der Waals surface area contributed by atoms with Gasteiger partial charge in [-0.2, -0.15) is 5.10 Å². The van der Waals surface area contributed by atoms with Crippen LogP contribution in [-0.4, -0.2) is 50.3 Å². The van der Waals surface area contributed by atoms with Crippen LogP contribution in [0.5, 0.6) is 5.75 Å². The Labute approximate surface area is 168 Å². The molecule has 0 bridgehead atoms. The molecule has 1 fully saturated rings. The van der Waals surface area contributed by atoms with Gasteiger partial charge in [-0.1, -0.05) is 0 Å². The summed E-state index contributed by atoms with van der Waals surface area (Å²) in [6.45, 7) is 1.22. The van der Waals surface area contributed by atoms with E-state index in [1.807, 2.05) is 19.3 Å². The van der Waals surface area contributed by atoms with Crippen molar-refractivity contribution >= 4 is 5.91 Å². The third-order valence-electron chi connectivity index (χ3n) is 5.06. The Morgan fingerprint density at radius 3 is 2.66 bits per heavy atom. The van der Waals surface area contributed by atoms with Crippen molar-refractivity contribution in [3.63, 3.8) is 0 Å². The molecule has 7 nitrogen and oxygen atoms in total. The van der Waals surface area contributed by atoms with Crippen molar-refractivity contribution in [2.45, 2.75) is 18.8 Å². The van der Waals surface area contributed by atoms with E-state index in [1.165, 1.54) is 24.3 Å². The number of rotatable bonds is 5. The second kappa shape index (κ2) is 8.38. The molecule has 1 amide bonds. The van der Waals surface area contributed by atoms with E-state index in [1.54, 1.807) is 22.0 Å². The smallest absolute Gasteiger partial charge is 0.260 e. The fourth-order valence-electron chi connectivity index (χ4n) is 3.44. The summed E-state index contributed by atoms with van der Waals surface area (Å²) in [5.74, 6) is 1.10. The highest BCUT2D eigenvalue weighted by molar-refractivity contribution is 5.77. The van der Waals surface area contributed by atoms with E-state index in [0.29, 0.717) is 18.8 Å². The second-order valence-corrected chi connectivity index (χ2v) is 7.10. The topological polar surface area (TPSA) is 73.1 Å². The van der Waals surface area contributed by atoms with E-state index in [2.05, 4.69) is 10.1 Å². The van der Waals surface area contributed by atoms with Crippen LogP contribution in [0.4, 0.5) is 4.39 Å². The molecule has 1 aliphatic rings. The van der Waals surface area contributed by atoms with Crippen LogP contribution in [0.2, 0.25) is 0 Å². The molecule has 150 valence electrons. The van der Waals surface area contributed by atoms with Gasteiger partial charge < -0.3 is 9.64 Å². The molecule has 0 N–H and O–H groups in total. The third-order valence-corrected chi connectivity index (χ3v) is 5.06. The number of aryl methyl sites for hydroxylation is 1. The second-order valence-electron chi connectivity index (χ2n) is 7.10. The van der Waals surface area contributed by atoms with Crippen molar-refractivity contribution in [2.75, 3.05) is 19.7 Å². The van der Waals surface area contributed by atoms with Crippen molar-refractivity contribution in [1.82, 2.24) is 24.6 Å². The zero-order valence-electron chi connectivity index (χ0n) is 16.2. The zero-order chi connectivity index (χ0) is 20.2. The molecular formula is C21H22FN5O2. The van der Waals surface area contributed by atoms with Crippen molar-refractivity contribution in [3.05, 3.63) is 60.6 Å². The lowest BCUT2D eigenvalue weighted by Crippen LogP contribution is -2.40. The van der Waals surface area contributed by atoms with Crippen LogP contribution < -0.4 is 4.74 Å². The lowest BCUT2D eigenvalue weighted by molar-refractivity contribution is -0.134. The zero-order valence-corrected chi connectivity index (χ0v) is 16.2. The predicted octanol–water partition coefficient (Wildman–Crippen LogP) is 2.80. The van der Waals surface area contributed by atoms with Gasteiger partial charge in [0.05, 0.1) is 11.9 Å². The number of amides is 1. The molecule has 0 spiro atoms. The minimum atomic E-state index is -0.333. The molecule has 0 saturated carbocycles. The normalized spacial score (nSPS) is 14.8. The van der Waals surface area contributed by atoms with Crippen LogP contribution in [0.15, 0.2) is 48.9 Å². The molecule has 3 aromatic rings. The van der Waals surface area contributed by atoms with Crippen molar-refractivity contribution in [1.29, 1.82) is 0 Å². The van der Waals surface area contributed by atoms with Crippen LogP contribution in [0.1, 0.15) is 24.6 Å². The van der Waals surface area contributed by atoms with Crippen LogP contribution in [0, 0.1) is 5.82 Å². The number of aromatic nitrogens is 4. The number of carbonyl (C=O) groups is 1. The lowest BCUT2D eigenvalue weighted by atomic mass is 9.95. The van der Waals surface area contributed by atoms with Gasteiger partial charge in [-0.15, -0.1) is 0 Å². The fourth-order valence-corrected chi connectivity index (χ4v) is 3.44. The molecule has 1 aromatic carbocycles. The molecule has 0 atom stereocenters. The molecule has 1 saturated heterocycles. The van der Waals surface area contributed by atoms with Crippen LogP contribution in [0.25, 0.3) is 11.3 Å². The van der Waals surface area contributed by atoms with Gasteiger partial charge in [0.2, 0.25) is 0 Å². The maximum Gasteiger partial charge on any atom is 0.260 e. The van der Waals surface area contributed by atoms with E-state index in [4.69, 9.17) is 9.72 Å². The largest absolute Gasteiger partial charge is 0.484 e. The summed E-state index contributed by atoms with van der Waals surface area (Å²) in [7, 11) is 1.87. The average molecular weight is 395 g/mol. The SMILES string of the molecule is Cn1cc(-c2ccnc(C3CCN(C(=O)COc4ccc(F)cc4)CC3)n2)cn1. The van der Waals surface area contributed by atoms with Gasteiger partial charge in [-0.05, 0) is 43.2 Å². The molecule has 2 aromatic heterocycles. The first-order valence-electron chi connectivity index (χ1n) is 9.56. The number of nitrogens with zero attached hydrogens (tertiary/aromatic N) is 5. The predicted molar refractivity (Wildman–Crippen MR) is 105 cm³/mol. The van der Waals surface area contributed by atoms with Crippen molar-refractivity contribution < 1.29 is 13.9 Å². The Balaban J connectivity index is 1.32. The Morgan fingerprint density at radius 2 is 1.97 bits per heavy atom. The molecule has 1 aliphatic heterocycles. The Bertz CT molecular complexity index is 981. The molecule has 29 heavy (non-hydrogen) atoms. The highest BCUT2D eigenvalue weighted by atomic mass is 19.1. The molecule has 0 unspecified atom stereocenters. The number of carbonyl (C=O) groups excluding carboxylic acids is 1. The van der Waals surface area contributed by atoms with Gasteiger partial charge in [0, 0.05) is 44.0 Å². The number of hydrogen-bond donors (Lipinski definition) is 0. The first-order chi connectivity index (χ1) is 14.1. The molecule has 3 heterocycles. The van der Waals surface area contributed by atoms with Gasteiger partial charge in [-0.3, -0.25) is 9.48 Å². The van der Waals surface area contributed by atoms with E-state index < -0.39 is 0 Å². The number of halogens is 1. The average Bonchev–Trinajstić information content (AvgIpc) is 3.20. The maximum atomic E-state index is 12.9. The summed E-state index contributed by atoms with van der Waals surface area (Å²) in [6, 6.07) is 7.53. The molecule has 4 rings (SSSR count). The third kappa shape index (κ3) is 4.59. The Hall–Kier alpha value is -3.29. The van der Waals surface area contributed by atoms with Gasteiger partial charge in [0.15, 0.2) is 6.61 Å². The van der Waals surface area contributed by atoms with Gasteiger partial charge in [-0.25, -0.2) is 14.4 Å². The number of likely N-dealkylation sites (tertiary alicyclic amines) is 1. The first-order valence-corrected chi connectivity index (χ1v) is 9.56. The minimum absolute atomic E-state index is 0.0523. The summed E-state index contributed by atoms with van der Waals surface area (Å²) < 4.78 is 20.1. The quantitative estimate of drug-likeness (QED) is 0.664. The lowest BCUT2D eigenvalue weighted by Gasteiger charge is -2.31. The number of hydrogen-bond acceptors (Lipinski definition) is 5. The van der Waals surface area contributed by atoms with Gasteiger partial charge >= 0.3 is 0 Å². The first kappa shape index (κ1) is 19.0. The summed E-state index contributed by atoms with van der Waals surface area (Å²) in [6.07, 6.45) is 7.10. The number of ether oxygens (including phenoxy) is 1. The number of benzene rings is 1. The molecular weight excluding hydrogens is 373 g/mol. The summed E-state index contributed by atoms with van der Waals surface area (Å²) >= 11 is 0. The molecule has 0 aliphatic carbocycles. The number of piperidine rings is 1. The minimum Gasteiger partial charge on any atom is -0.484 e. The molecule has 0 radical (unpaired) electrons. The van der Waals surface area contributed by atoms with E-state index in [0.717, 1.165) is 29.9 Å². The van der Waals surface area contributed by atoms with Crippen molar-refractivity contribution in [2.24, 2.45) is 7.05 Å². The van der Waals surface area contributed by atoms with Crippen molar-refractivity contribution in [3.8, 4) is 17.0 Å². The highest BCUT2D eigenvalue weighted by Crippen LogP contribution is 2.27. The van der Waals surface area contributed by atoms with E-state index in [9.17, 15) is 9.18 Å². The van der Waals surface area contributed by atoms with Crippen LogP contribution in [0.3, 0.4) is 0 Å². The maximum absolute atomic E-state index is 12.9. The van der Waals surface area contributed by atoms with Gasteiger partial charge in [0.1, 0.15) is 17.4 Å². The van der Waals surface area contributed by atoms with Crippen LogP contribution in [-0.2, 0) is 11.8 Å². The Kier molecular flexibility index (Phi) is 5.50. The Morgan fingerprint density at radius 1 is 1.21 bits per heavy atom. The standard InChI is InChI=1S/C21H22FN5O2/c1-26-13-16(12-24-26)19-6-9-23-21(25-19)15-7-10-27(11-8-15)20(28)14-29-18-4-2-17(22)3-5-18/h2-6,9,12-13,15H,7-8,10-11,14H2,1H3.